The monoisotopic (exact) mass is 426 g/mol. The first kappa shape index (κ1) is 20.0. The SMILES string of the molecule is CC(C)c1ccccc1-n1c(SCC(=O)NC2CC2)nnc1-c1ccc(Cl)cc1. The molecule has 0 atom stereocenters. The molecule has 1 saturated carbocycles. The second kappa shape index (κ2) is 8.59. The minimum absolute atomic E-state index is 0.0391. The number of para-hydroxylation sites is 1. The molecule has 0 spiro atoms. The van der Waals surface area contributed by atoms with E-state index in [1.165, 1.54) is 17.3 Å². The molecule has 1 aliphatic carbocycles. The predicted octanol–water partition coefficient (Wildman–Crippen LogP) is 5.08. The molecule has 1 amide bonds. The fourth-order valence-electron chi connectivity index (χ4n) is 3.17. The minimum atomic E-state index is 0.0391. The summed E-state index contributed by atoms with van der Waals surface area (Å²) in [7, 11) is 0. The lowest BCUT2D eigenvalue weighted by atomic mass is 10.0. The van der Waals surface area contributed by atoms with Crippen molar-refractivity contribution >= 4 is 29.3 Å². The molecule has 7 heteroatoms. The van der Waals surface area contributed by atoms with E-state index in [-0.39, 0.29) is 5.91 Å². The van der Waals surface area contributed by atoms with Gasteiger partial charge in [0.15, 0.2) is 11.0 Å². The van der Waals surface area contributed by atoms with Gasteiger partial charge in [-0.1, -0.05) is 55.4 Å². The molecule has 3 aromatic rings. The first-order valence-electron chi connectivity index (χ1n) is 9.75. The Morgan fingerprint density at radius 1 is 1.17 bits per heavy atom. The van der Waals surface area contributed by atoms with Crippen molar-refractivity contribution in [2.75, 3.05) is 5.75 Å². The Balaban J connectivity index is 1.73. The Labute approximate surface area is 179 Å². The normalized spacial score (nSPS) is 13.7. The molecule has 29 heavy (non-hydrogen) atoms. The van der Waals surface area contributed by atoms with Gasteiger partial charge in [-0.25, -0.2) is 0 Å². The Morgan fingerprint density at radius 2 is 1.90 bits per heavy atom. The number of halogens is 1. The molecule has 1 aliphatic rings. The number of hydrogen-bond acceptors (Lipinski definition) is 4. The van der Waals surface area contributed by atoms with Crippen LogP contribution in [0.4, 0.5) is 0 Å². The molecular weight excluding hydrogens is 404 g/mol. The number of carbonyl (C=O) groups excluding carboxylic acids is 1. The molecular formula is C22H23ClN4OS. The lowest BCUT2D eigenvalue weighted by molar-refractivity contribution is -0.118. The van der Waals surface area contributed by atoms with E-state index in [2.05, 4.69) is 41.5 Å². The standard InChI is InChI=1S/C22H23ClN4OS/c1-14(2)18-5-3-4-6-19(18)27-21(15-7-9-16(23)10-8-15)25-26-22(27)29-13-20(28)24-17-11-12-17/h3-10,14,17H,11-13H2,1-2H3,(H,24,28). The van der Waals surface area contributed by atoms with Crippen molar-refractivity contribution in [3.05, 3.63) is 59.1 Å². The van der Waals surface area contributed by atoms with Gasteiger partial charge in [0.2, 0.25) is 5.91 Å². The van der Waals surface area contributed by atoms with Crippen molar-refractivity contribution in [3.8, 4) is 17.1 Å². The van der Waals surface area contributed by atoms with Crippen LogP contribution >= 0.6 is 23.4 Å². The molecule has 0 radical (unpaired) electrons. The van der Waals surface area contributed by atoms with E-state index in [1.807, 2.05) is 41.0 Å². The summed E-state index contributed by atoms with van der Waals surface area (Å²) < 4.78 is 2.05. The van der Waals surface area contributed by atoms with Crippen LogP contribution in [-0.2, 0) is 4.79 Å². The largest absolute Gasteiger partial charge is 0.353 e. The van der Waals surface area contributed by atoms with Gasteiger partial charge >= 0.3 is 0 Å². The summed E-state index contributed by atoms with van der Waals surface area (Å²) in [5.41, 5.74) is 3.16. The number of carbonyl (C=O) groups is 1. The fourth-order valence-corrected chi connectivity index (χ4v) is 4.05. The predicted molar refractivity (Wildman–Crippen MR) is 118 cm³/mol. The van der Waals surface area contributed by atoms with Crippen LogP contribution in [0.2, 0.25) is 5.02 Å². The Kier molecular flexibility index (Phi) is 5.92. The van der Waals surface area contributed by atoms with Crippen molar-refractivity contribution in [1.82, 2.24) is 20.1 Å². The third-order valence-corrected chi connectivity index (χ3v) is 5.99. The molecule has 5 nitrogen and oxygen atoms in total. The zero-order chi connectivity index (χ0) is 20.4. The highest BCUT2D eigenvalue weighted by atomic mass is 35.5. The maximum Gasteiger partial charge on any atom is 0.230 e. The molecule has 0 bridgehead atoms. The quantitative estimate of drug-likeness (QED) is 0.535. The van der Waals surface area contributed by atoms with Crippen LogP contribution in [0.1, 0.15) is 38.2 Å². The van der Waals surface area contributed by atoms with Crippen molar-refractivity contribution in [3.63, 3.8) is 0 Å². The lowest BCUT2D eigenvalue weighted by Crippen LogP contribution is -2.27. The van der Waals surface area contributed by atoms with E-state index >= 15 is 0 Å². The summed E-state index contributed by atoms with van der Waals surface area (Å²) >= 11 is 7.48. The number of nitrogens with one attached hydrogen (secondary N) is 1. The second-order valence-corrected chi connectivity index (χ2v) is 8.87. The summed E-state index contributed by atoms with van der Waals surface area (Å²) in [6, 6.07) is 16.2. The van der Waals surface area contributed by atoms with Crippen molar-refractivity contribution in [2.24, 2.45) is 0 Å². The number of thioether (sulfide) groups is 1. The van der Waals surface area contributed by atoms with Gasteiger partial charge in [-0.3, -0.25) is 9.36 Å². The maximum atomic E-state index is 12.2. The summed E-state index contributed by atoms with van der Waals surface area (Å²) in [5, 5.41) is 13.3. The highest BCUT2D eigenvalue weighted by Gasteiger charge is 2.24. The summed E-state index contributed by atoms with van der Waals surface area (Å²) in [6.45, 7) is 4.34. The lowest BCUT2D eigenvalue weighted by Gasteiger charge is -2.17. The molecule has 150 valence electrons. The van der Waals surface area contributed by atoms with E-state index in [0.29, 0.717) is 27.9 Å². The van der Waals surface area contributed by atoms with Gasteiger partial charge in [-0.15, -0.1) is 10.2 Å². The van der Waals surface area contributed by atoms with Crippen LogP contribution < -0.4 is 5.32 Å². The Morgan fingerprint density at radius 3 is 2.59 bits per heavy atom. The number of hydrogen-bond donors (Lipinski definition) is 1. The van der Waals surface area contributed by atoms with Gasteiger partial charge in [0.25, 0.3) is 0 Å². The van der Waals surface area contributed by atoms with Crippen LogP contribution in [-0.4, -0.2) is 32.5 Å². The molecule has 1 fully saturated rings. The maximum absolute atomic E-state index is 12.2. The van der Waals surface area contributed by atoms with Gasteiger partial charge in [0, 0.05) is 16.6 Å². The van der Waals surface area contributed by atoms with Gasteiger partial charge in [-0.2, -0.15) is 0 Å². The molecule has 1 heterocycles. The number of benzene rings is 2. The fraction of sp³-hybridized carbons (Fsp3) is 0.318. The van der Waals surface area contributed by atoms with Crippen LogP contribution in [0.3, 0.4) is 0 Å². The van der Waals surface area contributed by atoms with Crippen molar-refractivity contribution in [2.45, 2.75) is 43.8 Å². The minimum Gasteiger partial charge on any atom is -0.353 e. The zero-order valence-electron chi connectivity index (χ0n) is 16.4. The van der Waals surface area contributed by atoms with E-state index in [1.54, 1.807) is 0 Å². The number of amides is 1. The third-order valence-electron chi connectivity index (χ3n) is 4.81. The average molecular weight is 427 g/mol. The zero-order valence-corrected chi connectivity index (χ0v) is 18.0. The van der Waals surface area contributed by atoms with Crippen molar-refractivity contribution < 1.29 is 4.79 Å². The first-order valence-corrected chi connectivity index (χ1v) is 11.1. The second-order valence-electron chi connectivity index (χ2n) is 7.49. The van der Waals surface area contributed by atoms with E-state index in [9.17, 15) is 4.79 Å². The highest BCUT2D eigenvalue weighted by Crippen LogP contribution is 2.32. The van der Waals surface area contributed by atoms with Crippen LogP contribution in [0, 0.1) is 0 Å². The van der Waals surface area contributed by atoms with Crippen LogP contribution in [0.5, 0.6) is 0 Å². The average Bonchev–Trinajstić information content (AvgIpc) is 3.43. The third kappa shape index (κ3) is 4.65. The van der Waals surface area contributed by atoms with Gasteiger partial charge in [-0.05, 0) is 54.7 Å². The molecule has 4 rings (SSSR count). The topological polar surface area (TPSA) is 59.8 Å². The first-order chi connectivity index (χ1) is 14.0. The van der Waals surface area contributed by atoms with Crippen molar-refractivity contribution in [1.29, 1.82) is 0 Å². The molecule has 0 unspecified atom stereocenters. The number of aromatic nitrogens is 3. The molecule has 0 aliphatic heterocycles. The summed E-state index contributed by atoms with van der Waals surface area (Å²) in [5.74, 6) is 1.43. The summed E-state index contributed by atoms with van der Waals surface area (Å²) in [6.07, 6.45) is 2.16. The molecule has 2 aromatic carbocycles. The molecule has 0 saturated heterocycles. The van der Waals surface area contributed by atoms with E-state index in [4.69, 9.17) is 11.6 Å². The molecule has 1 aromatic heterocycles. The van der Waals surface area contributed by atoms with Crippen LogP contribution in [0.15, 0.2) is 53.7 Å². The molecule has 1 N–H and O–H groups in total. The highest BCUT2D eigenvalue weighted by molar-refractivity contribution is 7.99. The van der Waals surface area contributed by atoms with Gasteiger partial charge in [0.1, 0.15) is 0 Å². The van der Waals surface area contributed by atoms with Gasteiger partial charge in [0.05, 0.1) is 11.4 Å². The Hall–Kier alpha value is -2.31. The summed E-state index contributed by atoms with van der Waals surface area (Å²) in [4.78, 5) is 12.2. The van der Waals surface area contributed by atoms with E-state index < -0.39 is 0 Å². The van der Waals surface area contributed by atoms with Gasteiger partial charge < -0.3 is 5.32 Å². The number of rotatable bonds is 7. The number of nitrogens with zero attached hydrogens (tertiary/aromatic N) is 3. The van der Waals surface area contributed by atoms with E-state index in [0.717, 1.165) is 29.9 Å². The smallest absolute Gasteiger partial charge is 0.230 e. The Bertz CT molecular complexity index is 1010. The van der Waals surface area contributed by atoms with Crippen LogP contribution in [0.25, 0.3) is 17.1 Å².